The third-order valence-electron chi connectivity index (χ3n) is 16.1. The molecule has 0 radical (unpaired) electrons. The molecule has 0 bridgehead atoms. The van der Waals surface area contributed by atoms with Crippen LogP contribution in [0.4, 0.5) is 0 Å². The Morgan fingerprint density at radius 2 is 0.464 bits per heavy atom. The second-order valence-electron chi connectivity index (χ2n) is 33.5. The molecule has 97 heavy (non-hydrogen) atoms. The van der Waals surface area contributed by atoms with Gasteiger partial charge < -0.3 is 0 Å². The monoisotopic (exact) mass is 1760 g/mol. The maximum absolute atomic E-state index is 3.71. The van der Waals surface area contributed by atoms with Gasteiger partial charge in [-0.05, 0) is 0 Å². The maximum atomic E-state index is 3.71. The van der Waals surface area contributed by atoms with E-state index in [2.05, 4.69) is 421 Å². The average molecular weight is 1760 g/mol. The molecule has 6 atom stereocenters. The minimum atomic E-state index is -0.856. The van der Waals surface area contributed by atoms with E-state index in [0.717, 1.165) is 19.6 Å². The number of nitrogens with one attached hydrogen (secondary N) is 6. The Morgan fingerprint density at radius 3 is 0.670 bits per heavy atom. The summed E-state index contributed by atoms with van der Waals surface area (Å²) in [5.41, 5.74) is 0. The van der Waals surface area contributed by atoms with Gasteiger partial charge in [0.15, 0.2) is 0 Å². The summed E-state index contributed by atoms with van der Waals surface area (Å²) in [7, 11) is 30.7. The second kappa shape index (κ2) is 61.3. The summed E-state index contributed by atoms with van der Waals surface area (Å²) < 4.78 is 28.9. The van der Waals surface area contributed by atoms with Gasteiger partial charge in [-0.1, -0.05) is 0 Å². The summed E-state index contributed by atoms with van der Waals surface area (Å²) >= 11 is -4.75. The summed E-state index contributed by atoms with van der Waals surface area (Å²) in [4.78, 5) is 9.27. The van der Waals surface area contributed by atoms with Crippen LogP contribution in [0.2, 0.25) is 4.25 Å². The zero-order valence-electron chi connectivity index (χ0n) is 74.7. The van der Waals surface area contributed by atoms with Crippen LogP contribution in [0.15, 0.2) is 0 Å². The molecule has 6 N–H and O–H groups in total. The first kappa shape index (κ1) is 110. The van der Waals surface area contributed by atoms with Crippen LogP contribution in [0.1, 0.15) is 228 Å². The van der Waals surface area contributed by atoms with E-state index in [9.17, 15) is 0 Å². The molecular weight excluding hydrogens is 1570 g/mol. The molecule has 0 saturated carbocycles. The second-order valence-corrected chi connectivity index (χ2v) is 62.9. The molecule has 0 aliphatic rings. The van der Waals surface area contributed by atoms with Gasteiger partial charge in [-0.3, -0.25) is 0 Å². The standard InChI is InChI=1S/C13H34GeN4.C13H33GeN3.C12H32GeN4.C11H30GeN4.C11H29GeN3.C10H27GeN3/c1-9-16(7)13(15-11(3)4)18(12(5)6)14-17(8)10-2;1-10(2)15-12(16(8)9)17(11(3)4)14-13(5,6)7;1-9-16(8)13-17(11(4)5)12(15(6)7)14-10(2)3;1-9(2)13-11(14(5)6)16(10(3)4)12-15(7)8;1-8-14(7)12-15(10(4)5)11(6)13-9(2)3;1-8(2)12-10(5)14(9(3)4)11-13(6)7/h11-13,15H,9-10,14H2,1-8H3;10-12,15H,14H2,1-9H3;10-12,14H,9,13H2,1-8H3;9-11,13H,12H2,1-8H3;9-11,13H,8,12H2,1-7H3;8-10,12H,11H2,1-7H3. The Kier molecular flexibility index (Phi) is 69.8. The van der Waals surface area contributed by atoms with Crippen molar-refractivity contribution in [1.82, 2.24) is 93.9 Å². The van der Waals surface area contributed by atoms with Gasteiger partial charge in [0.25, 0.3) is 0 Å². The van der Waals surface area contributed by atoms with Gasteiger partial charge in [0.2, 0.25) is 0 Å². The Hall–Kier alpha value is 2.42. The predicted octanol–water partition coefficient (Wildman–Crippen LogP) is 4.91. The van der Waals surface area contributed by atoms with Crippen molar-refractivity contribution in [1.29, 1.82) is 0 Å². The van der Waals surface area contributed by atoms with Crippen LogP contribution in [0.25, 0.3) is 0 Å². The van der Waals surface area contributed by atoms with Crippen molar-refractivity contribution < 1.29 is 0 Å². The molecule has 21 nitrogen and oxygen atoms in total. The van der Waals surface area contributed by atoms with Gasteiger partial charge in [-0.2, -0.15) is 0 Å². The number of hydrogen-bond donors (Lipinski definition) is 6. The first-order valence-corrected chi connectivity index (χ1v) is 54.4. The van der Waals surface area contributed by atoms with E-state index < -0.39 is 95.0 Å². The van der Waals surface area contributed by atoms with Crippen molar-refractivity contribution in [2.45, 2.75) is 343 Å². The predicted molar refractivity (Wildman–Crippen MR) is 458 cm³/mol. The van der Waals surface area contributed by atoms with E-state index in [1.54, 1.807) is 0 Å². The molecule has 0 aromatic carbocycles. The first-order chi connectivity index (χ1) is 44.1. The van der Waals surface area contributed by atoms with Crippen molar-refractivity contribution in [2.24, 2.45) is 0 Å². The van der Waals surface area contributed by atoms with Crippen LogP contribution in [0, 0.1) is 0 Å². The van der Waals surface area contributed by atoms with Crippen molar-refractivity contribution in [3.8, 4) is 0 Å². The Morgan fingerprint density at radius 1 is 0.258 bits per heavy atom. The Labute approximate surface area is 651 Å². The van der Waals surface area contributed by atoms with Gasteiger partial charge in [0.05, 0.1) is 0 Å². The number of nitrogens with zero attached hydrogens (tertiary/aromatic N) is 15. The molecule has 0 aromatic rings. The van der Waals surface area contributed by atoms with Gasteiger partial charge in [-0.15, -0.1) is 0 Å². The van der Waals surface area contributed by atoms with E-state index >= 15 is 0 Å². The van der Waals surface area contributed by atoms with Gasteiger partial charge in [-0.25, -0.2) is 0 Å². The van der Waals surface area contributed by atoms with Crippen molar-refractivity contribution in [2.75, 3.05) is 125 Å². The molecule has 0 rings (SSSR count). The summed E-state index contributed by atoms with van der Waals surface area (Å²) in [5, 5.41) is 21.9. The number of rotatable bonds is 43. The van der Waals surface area contributed by atoms with E-state index in [1.165, 1.54) is 6.54 Å². The Bertz CT molecular complexity index is 1710. The van der Waals surface area contributed by atoms with E-state index in [0.29, 0.717) is 114 Å². The summed E-state index contributed by atoms with van der Waals surface area (Å²) in [5.74, 6) is 0. The topological polar surface area (TPSA) is 121 Å². The zero-order valence-corrected chi connectivity index (χ0v) is 92.5. The quantitative estimate of drug-likeness (QED) is 0.0367. The molecule has 0 heterocycles. The fourth-order valence-electron chi connectivity index (χ4n) is 10.5. The van der Waals surface area contributed by atoms with Crippen molar-refractivity contribution >= 4 is 95.0 Å². The zero-order chi connectivity index (χ0) is 77.9. The van der Waals surface area contributed by atoms with Crippen LogP contribution < -0.4 is 31.9 Å². The summed E-state index contributed by atoms with van der Waals surface area (Å²) in [6.07, 6.45) is 2.51. The molecule has 0 aliphatic heterocycles. The first-order valence-electron chi connectivity index (χ1n) is 38.3. The molecule has 0 saturated heterocycles. The molecule has 0 amide bonds. The molecule has 0 aromatic heterocycles. The van der Waals surface area contributed by atoms with E-state index in [4.69, 9.17) is 0 Å². The third kappa shape index (κ3) is 60.1. The normalized spacial score (nSPS) is 15.5. The van der Waals surface area contributed by atoms with Crippen LogP contribution in [0.3, 0.4) is 0 Å². The van der Waals surface area contributed by atoms with Gasteiger partial charge >= 0.3 is 657 Å². The van der Waals surface area contributed by atoms with Crippen LogP contribution in [0.5, 0.6) is 0 Å². The third-order valence-corrected chi connectivity index (χ3v) is 44.9. The van der Waals surface area contributed by atoms with Crippen molar-refractivity contribution in [3.05, 3.63) is 0 Å². The molecule has 0 spiro atoms. The molecule has 0 fully saturated rings. The summed E-state index contributed by atoms with van der Waals surface area (Å²) in [6.45, 7) is 79.4. The fourth-order valence-corrected chi connectivity index (χ4v) is 30.9. The molecule has 0 aliphatic carbocycles. The number of hydrogen-bond acceptors (Lipinski definition) is 21. The molecular formula is C70H185Ge6N21. The Balaban J connectivity index is -0.000000257. The van der Waals surface area contributed by atoms with E-state index in [1.807, 2.05) is 0 Å². The van der Waals surface area contributed by atoms with Crippen LogP contribution >= 0.6 is 0 Å². The average Bonchev–Trinajstić information content (AvgIpc) is 1.04. The van der Waals surface area contributed by atoms with Crippen molar-refractivity contribution in [3.63, 3.8) is 0 Å². The van der Waals surface area contributed by atoms with Gasteiger partial charge in [0, 0.05) is 0 Å². The molecule has 594 valence electrons. The van der Waals surface area contributed by atoms with Gasteiger partial charge in [0.1, 0.15) is 0 Å². The molecule has 27 heteroatoms. The van der Waals surface area contributed by atoms with Crippen LogP contribution in [-0.4, -0.2) is 392 Å². The summed E-state index contributed by atoms with van der Waals surface area (Å²) in [6, 6.07) is 6.91. The molecule has 6 unspecified atom stereocenters. The minimum absolute atomic E-state index is 0.363. The van der Waals surface area contributed by atoms with Crippen LogP contribution in [-0.2, 0) is 0 Å². The SMILES string of the molecule is CC(C)NC(C)[N]([GeH2][N](C)C)C(C)C.CC(C)NC(N(C)C)[N]([GeH2][C](C)(C)C)C(C)C.CC(C)NC(N(C)C)[N]([GeH2][N](C)C)C(C)C.CC[N](C)[GeH2][N](C(C)C)C(C)NC(C)C.CC[N](C)[GeH2][N](C(C)C)C(NC(C)C)N(C)C.CC[N](C)[GeH2][N](C(C)C)C(NC(C)C)N(C)CC. The van der Waals surface area contributed by atoms with E-state index in [-0.39, 0.29) is 0 Å². The fraction of sp³-hybridized carbons (Fsp3) is 1.00.